The minimum absolute atomic E-state index is 0.0411. The van der Waals surface area contributed by atoms with Gasteiger partial charge in [-0.15, -0.1) is 11.3 Å². The van der Waals surface area contributed by atoms with Crippen LogP contribution in [0.15, 0.2) is 41.3 Å². The molecule has 9 heteroatoms. The fourth-order valence-corrected chi connectivity index (χ4v) is 7.14. The van der Waals surface area contributed by atoms with Crippen LogP contribution in [0, 0.1) is 0 Å². The predicted octanol–water partition coefficient (Wildman–Crippen LogP) is 4.31. The number of sulfonamides is 1. The predicted molar refractivity (Wildman–Crippen MR) is 129 cm³/mol. The number of piperazine rings is 1. The highest BCUT2D eigenvalue weighted by Crippen LogP contribution is 2.27. The van der Waals surface area contributed by atoms with Crippen molar-refractivity contribution in [1.29, 1.82) is 0 Å². The first-order chi connectivity index (χ1) is 15.3. The Morgan fingerprint density at radius 2 is 1.81 bits per heavy atom. The number of carbonyl (C=O) groups excluding carboxylic acids is 1. The number of carbonyl (C=O) groups is 1. The highest BCUT2D eigenvalue weighted by Gasteiger charge is 2.30. The molecule has 174 valence electrons. The summed E-state index contributed by atoms with van der Waals surface area (Å²) in [5.41, 5.74) is 0.432. The molecule has 1 amide bonds. The molecule has 2 heterocycles. The smallest absolute Gasteiger partial charge is 0.253 e. The minimum Gasteiger partial charge on any atom is -0.336 e. The normalized spacial score (nSPS) is 18.9. The number of rotatable bonds is 6. The molecule has 1 aliphatic heterocycles. The summed E-state index contributed by atoms with van der Waals surface area (Å²) >= 11 is 7.60. The SMILES string of the molecule is CN(C1CCCCC1)S(=O)(=O)c1cccc(C(=O)N2CCN(Cc3ccc(Cl)s3)CC2)c1. The molecule has 0 atom stereocenters. The number of benzene rings is 1. The van der Waals surface area contributed by atoms with Gasteiger partial charge in [-0.3, -0.25) is 9.69 Å². The Labute approximate surface area is 199 Å². The second-order valence-electron chi connectivity index (χ2n) is 8.62. The summed E-state index contributed by atoms with van der Waals surface area (Å²) in [5.74, 6) is -0.110. The topological polar surface area (TPSA) is 60.9 Å². The van der Waals surface area contributed by atoms with Crippen molar-refractivity contribution in [2.45, 2.75) is 49.6 Å². The summed E-state index contributed by atoms with van der Waals surface area (Å²) in [7, 11) is -1.96. The van der Waals surface area contributed by atoms with Crippen LogP contribution < -0.4 is 0 Å². The maximum absolute atomic E-state index is 13.2. The lowest BCUT2D eigenvalue weighted by atomic mass is 9.96. The molecule has 2 aromatic rings. The van der Waals surface area contributed by atoms with Gasteiger partial charge in [0, 0.05) is 56.3 Å². The molecule has 0 unspecified atom stereocenters. The number of hydrogen-bond acceptors (Lipinski definition) is 5. The van der Waals surface area contributed by atoms with Crippen molar-refractivity contribution in [1.82, 2.24) is 14.1 Å². The largest absolute Gasteiger partial charge is 0.336 e. The zero-order valence-corrected chi connectivity index (χ0v) is 20.8. The van der Waals surface area contributed by atoms with Crippen LogP contribution >= 0.6 is 22.9 Å². The van der Waals surface area contributed by atoms with Crippen molar-refractivity contribution in [3.8, 4) is 0 Å². The molecule has 32 heavy (non-hydrogen) atoms. The number of hydrogen-bond donors (Lipinski definition) is 0. The van der Waals surface area contributed by atoms with E-state index >= 15 is 0 Å². The molecule has 0 spiro atoms. The van der Waals surface area contributed by atoms with Crippen LogP contribution in [0.2, 0.25) is 4.34 Å². The van der Waals surface area contributed by atoms with Gasteiger partial charge in [0.2, 0.25) is 10.0 Å². The number of amides is 1. The van der Waals surface area contributed by atoms with Gasteiger partial charge in [0.1, 0.15) is 0 Å². The second-order valence-corrected chi connectivity index (χ2v) is 12.4. The Kier molecular flexibility index (Phi) is 7.57. The van der Waals surface area contributed by atoms with Crippen LogP contribution in [0.5, 0.6) is 0 Å². The molecule has 1 saturated carbocycles. The molecule has 0 N–H and O–H groups in total. The first-order valence-corrected chi connectivity index (χ1v) is 13.8. The molecule has 0 radical (unpaired) electrons. The number of nitrogens with zero attached hydrogens (tertiary/aromatic N) is 3. The fraction of sp³-hybridized carbons (Fsp3) is 0.522. The zero-order valence-electron chi connectivity index (χ0n) is 18.4. The van der Waals surface area contributed by atoms with Crippen molar-refractivity contribution >= 4 is 38.9 Å². The summed E-state index contributed by atoms with van der Waals surface area (Å²) in [6.45, 7) is 3.64. The van der Waals surface area contributed by atoms with E-state index < -0.39 is 10.0 Å². The summed E-state index contributed by atoms with van der Waals surface area (Å²) in [6, 6.07) is 10.5. The average Bonchev–Trinajstić information content (AvgIpc) is 3.23. The van der Waals surface area contributed by atoms with Gasteiger partial charge in [0.25, 0.3) is 5.91 Å². The van der Waals surface area contributed by atoms with Crippen LogP contribution in [0.25, 0.3) is 0 Å². The van der Waals surface area contributed by atoms with Gasteiger partial charge in [0.05, 0.1) is 9.23 Å². The Balaban J connectivity index is 1.40. The molecule has 0 bridgehead atoms. The molecule has 1 saturated heterocycles. The lowest BCUT2D eigenvalue weighted by molar-refractivity contribution is 0.0629. The quantitative estimate of drug-likeness (QED) is 0.599. The van der Waals surface area contributed by atoms with Crippen LogP contribution in [0.4, 0.5) is 0 Å². The highest BCUT2D eigenvalue weighted by molar-refractivity contribution is 7.89. The van der Waals surface area contributed by atoms with Crippen LogP contribution in [0.1, 0.15) is 47.3 Å². The summed E-state index contributed by atoms with van der Waals surface area (Å²) in [5, 5.41) is 0. The molecule has 1 aromatic heterocycles. The third-order valence-corrected chi connectivity index (χ3v) is 9.64. The third kappa shape index (κ3) is 5.37. The lowest BCUT2D eigenvalue weighted by Crippen LogP contribution is -2.48. The van der Waals surface area contributed by atoms with Crippen LogP contribution in [-0.2, 0) is 16.6 Å². The molecular formula is C23H30ClN3O3S2. The van der Waals surface area contributed by atoms with Crippen molar-refractivity contribution in [3.05, 3.63) is 51.2 Å². The number of thiophene rings is 1. The van der Waals surface area contributed by atoms with Crippen molar-refractivity contribution < 1.29 is 13.2 Å². The van der Waals surface area contributed by atoms with Gasteiger partial charge < -0.3 is 4.90 Å². The van der Waals surface area contributed by atoms with Crippen LogP contribution in [-0.4, -0.2) is 67.7 Å². The first-order valence-electron chi connectivity index (χ1n) is 11.2. The number of halogens is 1. The average molecular weight is 496 g/mol. The molecule has 2 aliphatic rings. The summed E-state index contributed by atoms with van der Waals surface area (Å²) in [6.07, 6.45) is 5.10. The summed E-state index contributed by atoms with van der Waals surface area (Å²) < 4.78 is 28.7. The van der Waals surface area contributed by atoms with Gasteiger partial charge in [-0.2, -0.15) is 4.31 Å². The Morgan fingerprint density at radius 3 is 2.47 bits per heavy atom. The molecule has 4 rings (SSSR count). The van der Waals surface area contributed by atoms with E-state index in [0.717, 1.165) is 49.7 Å². The van der Waals surface area contributed by atoms with E-state index in [1.165, 1.54) is 21.7 Å². The van der Waals surface area contributed by atoms with Gasteiger partial charge in [0.15, 0.2) is 0 Å². The monoisotopic (exact) mass is 495 g/mol. The van der Waals surface area contributed by atoms with Gasteiger partial charge in [-0.1, -0.05) is 36.9 Å². The molecule has 1 aliphatic carbocycles. The van der Waals surface area contributed by atoms with E-state index in [9.17, 15) is 13.2 Å². The Bertz CT molecular complexity index is 1040. The Morgan fingerprint density at radius 1 is 1.09 bits per heavy atom. The molecule has 6 nitrogen and oxygen atoms in total. The van der Waals surface area contributed by atoms with Gasteiger partial charge >= 0.3 is 0 Å². The van der Waals surface area contributed by atoms with Crippen molar-refractivity contribution in [2.75, 3.05) is 33.2 Å². The highest BCUT2D eigenvalue weighted by atomic mass is 35.5. The zero-order chi connectivity index (χ0) is 22.7. The van der Waals surface area contributed by atoms with E-state index in [-0.39, 0.29) is 16.8 Å². The molecular weight excluding hydrogens is 466 g/mol. The van der Waals surface area contributed by atoms with E-state index in [2.05, 4.69) is 4.90 Å². The van der Waals surface area contributed by atoms with E-state index in [1.54, 1.807) is 36.6 Å². The van der Waals surface area contributed by atoms with E-state index in [0.29, 0.717) is 18.7 Å². The standard InChI is InChI=1S/C23H30ClN3O3S2/c1-25(19-7-3-2-4-8-19)32(29,30)21-9-5-6-18(16-21)23(28)27-14-12-26(13-15-27)17-20-10-11-22(24)31-20/h5-6,9-11,16,19H,2-4,7-8,12-15,17H2,1H3. The first kappa shape index (κ1) is 23.7. The fourth-order valence-electron chi connectivity index (χ4n) is 4.55. The molecule has 2 fully saturated rings. The minimum atomic E-state index is -3.62. The maximum Gasteiger partial charge on any atom is 0.253 e. The van der Waals surface area contributed by atoms with E-state index in [1.807, 2.05) is 17.0 Å². The van der Waals surface area contributed by atoms with E-state index in [4.69, 9.17) is 11.6 Å². The van der Waals surface area contributed by atoms with Gasteiger partial charge in [-0.05, 0) is 43.2 Å². The van der Waals surface area contributed by atoms with Crippen molar-refractivity contribution in [3.63, 3.8) is 0 Å². The second kappa shape index (κ2) is 10.2. The van der Waals surface area contributed by atoms with Crippen molar-refractivity contribution in [2.24, 2.45) is 0 Å². The molecule has 1 aromatic carbocycles. The lowest BCUT2D eigenvalue weighted by Gasteiger charge is -2.34. The Hall–Kier alpha value is -1.45. The maximum atomic E-state index is 13.2. The van der Waals surface area contributed by atoms with Crippen LogP contribution in [0.3, 0.4) is 0 Å². The third-order valence-electron chi connectivity index (χ3n) is 6.51. The summed E-state index contributed by atoms with van der Waals surface area (Å²) in [4.78, 5) is 18.6. The van der Waals surface area contributed by atoms with Gasteiger partial charge in [-0.25, -0.2) is 8.42 Å².